The van der Waals surface area contributed by atoms with E-state index in [0.29, 0.717) is 22.6 Å². The van der Waals surface area contributed by atoms with E-state index in [9.17, 15) is 13.2 Å². The zero-order chi connectivity index (χ0) is 20.2. The predicted molar refractivity (Wildman–Crippen MR) is 94.9 cm³/mol. The van der Waals surface area contributed by atoms with Crippen LogP contribution in [0.4, 0.5) is 13.2 Å². The van der Waals surface area contributed by atoms with Crippen LogP contribution in [-0.2, 0) is 13.2 Å². The van der Waals surface area contributed by atoms with Gasteiger partial charge in [0.1, 0.15) is 7.11 Å². The van der Waals surface area contributed by atoms with Gasteiger partial charge in [0.25, 0.3) is 6.20 Å². The number of aliphatic hydroxyl groups excluding tert-OH is 1. The summed E-state index contributed by atoms with van der Waals surface area (Å²) < 4.78 is 42.2. The Kier molecular flexibility index (Phi) is 6.66. The number of thioether (sulfide) groups is 1. The number of H-pyrrole nitrogens is 1. The molecule has 3 aromatic rings. The van der Waals surface area contributed by atoms with Crippen molar-refractivity contribution < 1.29 is 32.4 Å². The Morgan fingerprint density at radius 2 is 2.04 bits per heavy atom. The summed E-state index contributed by atoms with van der Waals surface area (Å²) in [5.74, 6) is 1.50. The highest BCUT2D eigenvalue weighted by Crippen LogP contribution is 2.30. The highest BCUT2D eigenvalue weighted by molar-refractivity contribution is 7.99. The quantitative estimate of drug-likeness (QED) is 0.518. The van der Waals surface area contributed by atoms with Crippen molar-refractivity contribution >= 4 is 22.8 Å². The Balaban J connectivity index is 0.00000126. The van der Waals surface area contributed by atoms with Gasteiger partial charge in [-0.25, -0.2) is 14.5 Å². The number of aromatic amines is 1. The van der Waals surface area contributed by atoms with Crippen LogP contribution in [0.15, 0.2) is 35.5 Å². The van der Waals surface area contributed by atoms with E-state index in [1.807, 2.05) is 19.1 Å². The van der Waals surface area contributed by atoms with E-state index in [1.54, 1.807) is 29.6 Å². The van der Waals surface area contributed by atoms with Crippen LogP contribution >= 0.6 is 11.8 Å². The molecule has 0 amide bonds. The third kappa shape index (κ3) is 4.16. The number of imidazole rings is 1. The first kappa shape index (κ1) is 21.0. The van der Waals surface area contributed by atoms with Gasteiger partial charge in [0.05, 0.1) is 13.1 Å². The highest BCUT2D eigenvalue weighted by atomic mass is 32.2. The van der Waals surface area contributed by atoms with Gasteiger partial charge >= 0.3 is 17.7 Å². The van der Waals surface area contributed by atoms with E-state index >= 15 is 0 Å². The minimum Gasteiger partial charge on any atom is -0.400 e. The number of aromatic nitrogens is 4. The number of rotatable bonds is 4. The first-order chi connectivity index (χ1) is 12.9. The number of aryl methyl sites for hydroxylation is 1. The van der Waals surface area contributed by atoms with Crippen LogP contribution in [0.3, 0.4) is 0 Å². The predicted octanol–water partition coefficient (Wildman–Crippen LogP) is 2.14. The van der Waals surface area contributed by atoms with Crippen LogP contribution in [0.2, 0.25) is 0 Å². The van der Waals surface area contributed by atoms with Crippen molar-refractivity contribution in [1.29, 1.82) is 0 Å². The smallest absolute Gasteiger partial charge is 0.400 e. The van der Waals surface area contributed by atoms with Gasteiger partial charge in [-0.2, -0.15) is 13.2 Å². The summed E-state index contributed by atoms with van der Waals surface area (Å²) >= 11 is 1.62. The van der Waals surface area contributed by atoms with Crippen molar-refractivity contribution in [3.05, 3.63) is 36.3 Å². The Bertz CT molecular complexity index is 928. The van der Waals surface area contributed by atoms with Crippen LogP contribution in [-0.4, -0.2) is 35.0 Å². The normalized spacial score (nSPS) is 11.3. The lowest BCUT2D eigenvalue weighted by Crippen LogP contribution is -2.48. The second-order valence-electron chi connectivity index (χ2n) is 5.28. The number of pyridine rings is 2. The van der Waals surface area contributed by atoms with Crippen molar-refractivity contribution in [1.82, 2.24) is 9.97 Å². The van der Waals surface area contributed by atoms with E-state index in [2.05, 4.69) is 9.97 Å². The molecule has 6 nitrogen and oxygen atoms in total. The Morgan fingerprint density at radius 3 is 2.63 bits per heavy atom. The number of aliphatic hydroxyl groups is 1. The minimum absolute atomic E-state index is 0.358. The molecule has 0 aromatic carbocycles. The fourth-order valence-corrected chi connectivity index (χ4v) is 3.41. The largest absolute Gasteiger partial charge is 0.482 e. The molecule has 10 heteroatoms. The van der Waals surface area contributed by atoms with Crippen LogP contribution in [0.25, 0.3) is 22.6 Å². The van der Waals surface area contributed by atoms with Gasteiger partial charge in [0.15, 0.2) is 11.2 Å². The molecule has 146 valence electrons. The monoisotopic (exact) mass is 402 g/mol. The highest BCUT2D eigenvalue weighted by Gasteiger charge is 2.44. The second-order valence-corrected chi connectivity index (χ2v) is 6.59. The van der Waals surface area contributed by atoms with Crippen LogP contribution in [0.5, 0.6) is 0 Å². The lowest BCUT2D eigenvalue weighted by molar-refractivity contribution is -0.896. The number of halogens is 3. The summed E-state index contributed by atoms with van der Waals surface area (Å²) in [7, 11) is 3.97. The van der Waals surface area contributed by atoms with Crippen molar-refractivity contribution in [2.45, 2.75) is 18.0 Å². The molecule has 0 atom stereocenters. The Hall–Kier alpha value is -2.33. The van der Waals surface area contributed by atoms with Gasteiger partial charge in [0.2, 0.25) is 5.52 Å². The number of alkyl halides is 3. The molecule has 0 aliphatic carbocycles. The van der Waals surface area contributed by atoms with Gasteiger partial charge in [-0.3, -0.25) is 4.84 Å². The molecule has 3 heterocycles. The average molecular weight is 402 g/mol. The maximum atomic E-state index is 13.2. The number of fused-ring (bicyclic) bond motifs is 1. The maximum Gasteiger partial charge on any atom is 0.482 e. The van der Waals surface area contributed by atoms with Crippen molar-refractivity contribution in [3.63, 3.8) is 0 Å². The van der Waals surface area contributed by atoms with Crippen LogP contribution < -0.4 is 14.1 Å². The molecule has 3 aromatic heterocycles. The molecule has 0 aliphatic rings. The topological polar surface area (TPSA) is 65.9 Å². The first-order valence-electron chi connectivity index (χ1n) is 7.98. The molecule has 27 heavy (non-hydrogen) atoms. The van der Waals surface area contributed by atoms with Gasteiger partial charge in [-0.05, 0) is 17.9 Å². The third-order valence-corrected chi connectivity index (χ3v) is 4.69. The number of nitrogens with one attached hydrogen (secondary N) is 1. The summed E-state index contributed by atoms with van der Waals surface area (Å²) in [5, 5.41) is 7.00. The van der Waals surface area contributed by atoms with Crippen molar-refractivity contribution in [2.24, 2.45) is 7.05 Å². The Labute approximate surface area is 158 Å². The second kappa shape index (κ2) is 8.57. The number of hydrogen-bond acceptors (Lipinski definition) is 4. The third-order valence-electron chi connectivity index (χ3n) is 3.77. The molecular formula is C17H21F3N4O2S+2. The van der Waals surface area contributed by atoms with Crippen molar-refractivity contribution in [3.8, 4) is 11.5 Å². The zero-order valence-electron chi connectivity index (χ0n) is 15.3. The van der Waals surface area contributed by atoms with E-state index < -0.39 is 11.9 Å². The zero-order valence-corrected chi connectivity index (χ0v) is 16.1. The van der Waals surface area contributed by atoms with E-state index in [0.717, 1.165) is 28.6 Å². The molecule has 0 radical (unpaired) electrons. The molecule has 0 aliphatic heterocycles. The number of nitrogens with zero attached hydrogens (tertiary/aromatic N) is 3. The molecule has 3 rings (SSSR count). The van der Waals surface area contributed by atoms with Crippen LogP contribution in [0, 0.1) is 0 Å². The SMILES string of the molecule is CCSc1cccnc1-c1[nH]c2cc(C(F)(F)F)[n+](OC)cc2[n+]1C.CO. The molecular weight excluding hydrogens is 381 g/mol. The molecule has 2 N–H and O–H groups in total. The van der Waals surface area contributed by atoms with Gasteiger partial charge in [-0.15, -0.1) is 11.8 Å². The molecule has 0 saturated heterocycles. The van der Waals surface area contributed by atoms with Gasteiger partial charge in [0, 0.05) is 22.9 Å². The summed E-state index contributed by atoms with van der Waals surface area (Å²) in [6, 6.07) is 4.82. The van der Waals surface area contributed by atoms with Crippen LogP contribution in [0.1, 0.15) is 12.6 Å². The molecule has 0 bridgehead atoms. The molecule has 0 unspecified atom stereocenters. The molecule has 0 saturated carbocycles. The van der Waals surface area contributed by atoms with Gasteiger partial charge in [-0.1, -0.05) is 6.92 Å². The summed E-state index contributed by atoms with van der Waals surface area (Å²) in [6.07, 6.45) is -1.55. The average Bonchev–Trinajstić information content (AvgIpc) is 2.98. The van der Waals surface area contributed by atoms with E-state index in [1.165, 1.54) is 13.3 Å². The van der Waals surface area contributed by atoms with E-state index in [4.69, 9.17) is 9.94 Å². The molecule has 0 fully saturated rings. The molecule has 0 spiro atoms. The fraction of sp³-hybridized carbons (Fsp3) is 0.353. The number of hydrogen-bond donors (Lipinski definition) is 2. The summed E-state index contributed by atoms with van der Waals surface area (Å²) in [5.41, 5.74) is 0.741. The minimum atomic E-state index is -4.53. The van der Waals surface area contributed by atoms with Gasteiger partial charge < -0.3 is 5.11 Å². The summed E-state index contributed by atoms with van der Waals surface area (Å²) in [4.78, 5) is 13.3. The standard InChI is InChI=1S/C16H16F3N4OS.CH4O/c1-4-25-12-6-5-7-20-14(12)15-21-10-8-13(16(17,18)19)23(24-3)9-11(10)22(15)2;1-2/h5-9H,4H2,1-3H3;2H,1H3/q+1;/p+1. The lowest BCUT2D eigenvalue weighted by Gasteiger charge is -2.03. The lowest BCUT2D eigenvalue weighted by atomic mass is 10.3. The first-order valence-corrected chi connectivity index (χ1v) is 8.97. The fourth-order valence-electron chi connectivity index (χ4n) is 2.64. The Morgan fingerprint density at radius 1 is 1.33 bits per heavy atom. The maximum absolute atomic E-state index is 13.2. The summed E-state index contributed by atoms with van der Waals surface area (Å²) in [6.45, 7) is 2.03. The van der Waals surface area contributed by atoms with E-state index in [-0.39, 0.29) is 0 Å². The van der Waals surface area contributed by atoms with Crippen molar-refractivity contribution in [2.75, 3.05) is 20.0 Å².